The molecule has 2 heterocycles. The summed E-state index contributed by atoms with van der Waals surface area (Å²) in [4.78, 5) is 13.7. The van der Waals surface area contributed by atoms with Crippen LogP contribution in [0.5, 0.6) is 0 Å². The first-order chi connectivity index (χ1) is 17.4. The summed E-state index contributed by atoms with van der Waals surface area (Å²) in [6, 6.07) is 20.6. The van der Waals surface area contributed by atoms with E-state index < -0.39 is 0 Å². The van der Waals surface area contributed by atoms with Gasteiger partial charge in [0.2, 0.25) is 0 Å². The van der Waals surface area contributed by atoms with E-state index >= 15 is 0 Å². The predicted molar refractivity (Wildman–Crippen MR) is 136 cm³/mol. The minimum atomic E-state index is -0.329. The molecule has 0 spiro atoms. The van der Waals surface area contributed by atoms with Crippen molar-refractivity contribution in [2.45, 2.75) is 32.7 Å². The van der Waals surface area contributed by atoms with Crippen LogP contribution in [-0.4, -0.2) is 28.7 Å². The predicted octanol–water partition coefficient (Wildman–Crippen LogP) is 6.90. The zero-order valence-electron chi connectivity index (χ0n) is 20.1. The number of benzene rings is 3. The minimum Gasteiger partial charge on any atom is -0.371 e. The van der Waals surface area contributed by atoms with Gasteiger partial charge in [-0.3, -0.25) is 9.48 Å². The summed E-state index contributed by atoms with van der Waals surface area (Å²) in [6.45, 7) is 3.74. The molecule has 1 saturated heterocycles. The van der Waals surface area contributed by atoms with Crippen LogP contribution in [0, 0.1) is 17.5 Å². The zero-order valence-corrected chi connectivity index (χ0v) is 20.1. The molecule has 1 aliphatic rings. The number of piperidine rings is 1. The second-order valence-electron chi connectivity index (χ2n) is 8.82. The van der Waals surface area contributed by atoms with Gasteiger partial charge in [-0.1, -0.05) is 6.07 Å². The van der Waals surface area contributed by atoms with Gasteiger partial charge in [0.1, 0.15) is 17.5 Å². The maximum absolute atomic E-state index is 13.1. The van der Waals surface area contributed by atoms with E-state index in [-0.39, 0.29) is 29.8 Å². The molecule has 3 aromatic carbocycles. The average molecular weight is 492 g/mol. The van der Waals surface area contributed by atoms with Crippen molar-refractivity contribution in [2.24, 2.45) is 0 Å². The average Bonchev–Trinajstić information content (AvgIpc) is 3.29. The van der Waals surface area contributed by atoms with E-state index in [1.807, 2.05) is 12.1 Å². The third kappa shape index (κ3) is 6.62. The Kier molecular flexibility index (Phi) is 8.21. The molecule has 7 heteroatoms. The number of carbonyl (C=O) groups is 1. The Hall–Kier alpha value is -3.87. The first-order valence-electron chi connectivity index (χ1n) is 12.0. The maximum atomic E-state index is 13.1. The lowest BCUT2D eigenvalue weighted by atomic mass is 10.1. The van der Waals surface area contributed by atoms with Crippen molar-refractivity contribution in [3.8, 4) is 22.5 Å². The van der Waals surface area contributed by atoms with Crippen LogP contribution < -0.4 is 4.90 Å². The Morgan fingerprint density at radius 3 is 1.97 bits per heavy atom. The van der Waals surface area contributed by atoms with E-state index in [0.717, 1.165) is 29.9 Å². The molecule has 5 rings (SSSR count). The summed E-state index contributed by atoms with van der Waals surface area (Å²) in [5, 5.41) is 4.43. The van der Waals surface area contributed by atoms with Gasteiger partial charge in [-0.15, -0.1) is 0 Å². The van der Waals surface area contributed by atoms with Crippen LogP contribution >= 0.6 is 0 Å². The fourth-order valence-corrected chi connectivity index (χ4v) is 4.19. The SMILES string of the molecule is CC(=O)Cn1nc(-c2ccc(F)cc2)cc1-c1ccc(F)cc1.Fc1cccc(N2CCCCC2)c1. The number of nitrogens with zero attached hydrogens (tertiary/aromatic N) is 3. The van der Waals surface area contributed by atoms with Gasteiger partial charge in [0.05, 0.1) is 17.9 Å². The standard InChI is InChI=1S/C18H14F2N2O.C11H14FN/c1-12(23)11-22-18(14-4-8-16(20)9-5-14)10-17(21-22)13-2-6-15(19)7-3-13;12-10-5-4-6-11(9-10)13-7-2-1-3-8-13/h2-10H,11H2,1H3;4-6,9H,1-3,7-8H2. The van der Waals surface area contributed by atoms with Gasteiger partial charge < -0.3 is 4.90 Å². The van der Waals surface area contributed by atoms with Crippen LogP contribution in [0.2, 0.25) is 0 Å². The topological polar surface area (TPSA) is 38.1 Å². The summed E-state index contributed by atoms with van der Waals surface area (Å²) in [5.74, 6) is -0.828. The van der Waals surface area contributed by atoms with Crippen LogP contribution in [0.1, 0.15) is 26.2 Å². The molecule has 186 valence electrons. The van der Waals surface area contributed by atoms with Crippen molar-refractivity contribution in [1.29, 1.82) is 0 Å². The lowest BCUT2D eigenvalue weighted by Crippen LogP contribution is -2.29. The first-order valence-corrected chi connectivity index (χ1v) is 12.0. The molecule has 36 heavy (non-hydrogen) atoms. The van der Waals surface area contributed by atoms with E-state index in [1.54, 1.807) is 41.1 Å². The molecule has 0 N–H and O–H groups in total. The largest absolute Gasteiger partial charge is 0.371 e. The van der Waals surface area contributed by atoms with E-state index in [1.165, 1.54) is 56.5 Å². The third-order valence-electron chi connectivity index (χ3n) is 5.96. The molecule has 1 aliphatic heterocycles. The molecule has 0 atom stereocenters. The Morgan fingerprint density at radius 2 is 1.39 bits per heavy atom. The van der Waals surface area contributed by atoms with Crippen LogP contribution in [0.4, 0.5) is 18.9 Å². The van der Waals surface area contributed by atoms with Gasteiger partial charge in [-0.2, -0.15) is 5.10 Å². The molecule has 0 aliphatic carbocycles. The summed E-state index contributed by atoms with van der Waals surface area (Å²) in [6.07, 6.45) is 3.78. The van der Waals surface area contributed by atoms with Gasteiger partial charge in [-0.25, -0.2) is 13.2 Å². The van der Waals surface area contributed by atoms with Gasteiger partial charge in [0.15, 0.2) is 5.78 Å². The van der Waals surface area contributed by atoms with Gasteiger partial charge in [0, 0.05) is 29.9 Å². The normalized spacial score (nSPS) is 13.2. The fourth-order valence-electron chi connectivity index (χ4n) is 4.19. The number of hydrogen-bond acceptors (Lipinski definition) is 3. The summed E-state index contributed by atoms with van der Waals surface area (Å²) in [7, 11) is 0. The third-order valence-corrected chi connectivity index (χ3v) is 5.96. The molecule has 1 fully saturated rings. The van der Waals surface area contributed by atoms with Gasteiger partial charge in [0.25, 0.3) is 0 Å². The second kappa shape index (κ2) is 11.7. The minimum absolute atomic E-state index is 0.0397. The van der Waals surface area contributed by atoms with Crippen molar-refractivity contribution >= 4 is 11.5 Å². The van der Waals surface area contributed by atoms with E-state index in [9.17, 15) is 18.0 Å². The van der Waals surface area contributed by atoms with Gasteiger partial charge in [-0.05, 0) is 99.0 Å². The molecule has 4 aromatic rings. The number of Topliss-reactive ketones (excluding diaryl/α,β-unsaturated/α-hetero) is 1. The Bertz CT molecular complexity index is 1290. The number of ketones is 1. The molecule has 4 nitrogen and oxygen atoms in total. The molecule has 0 bridgehead atoms. The fraction of sp³-hybridized carbons (Fsp3) is 0.241. The highest BCUT2D eigenvalue weighted by Crippen LogP contribution is 2.27. The highest BCUT2D eigenvalue weighted by Gasteiger charge is 2.13. The van der Waals surface area contributed by atoms with Crippen molar-refractivity contribution in [2.75, 3.05) is 18.0 Å². The number of halogens is 3. The van der Waals surface area contributed by atoms with Crippen LogP contribution in [0.3, 0.4) is 0 Å². The van der Waals surface area contributed by atoms with Crippen LogP contribution in [0.25, 0.3) is 22.5 Å². The van der Waals surface area contributed by atoms with Crippen molar-refractivity contribution < 1.29 is 18.0 Å². The number of hydrogen-bond donors (Lipinski definition) is 0. The highest BCUT2D eigenvalue weighted by atomic mass is 19.1. The van der Waals surface area contributed by atoms with Crippen LogP contribution in [-0.2, 0) is 11.3 Å². The van der Waals surface area contributed by atoms with E-state index in [4.69, 9.17) is 0 Å². The molecule has 0 amide bonds. The summed E-state index contributed by atoms with van der Waals surface area (Å²) >= 11 is 0. The van der Waals surface area contributed by atoms with Crippen molar-refractivity contribution in [3.05, 3.63) is 96.3 Å². The summed E-state index contributed by atoms with van der Waals surface area (Å²) < 4.78 is 40.6. The summed E-state index contributed by atoms with van der Waals surface area (Å²) in [5.41, 5.74) is 3.87. The lowest BCUT2D eigenvalue weighted by molar-refractivity contribution is -0.117. The Morgan fingerprint density at radius 1 is 0.778 bits per heavy atom. The zero-order chi connectivity index (χ0) is 25.5. The number of carbonyl (C=O) groups excluding carboxylic acids is 1. The molecule has 1 aromatic heterocycles. The molecular weight excluding hydrogens is 463 g/mol. The molecule has 0 unspecified atom stereocenters. The maximum Gasteiger partial charge on any atom is 0.151 e. The quantitative estimate of drug-likeness (QED) is 0.305. The Labute approximate surface area is 209 Å². The monoisotopic (exact) mass is 491 g/mol. The first kappa shape index (κ1) is 25.2. The number of rotatable bonds is 5. The highest BCUT2D eigenvalue weighted by molar-refractivity contribution is 5.77. The lowest BCUT2D eigenvalue weighted by Gasteiger charge is -2.28. The van der Waals surface area contributed by atoms with Crippen molar-refractivity contribution in [1.82, 2.24) is 9.78 Å². The number of aromatic nitrogens is 2. The van der Waals surface area contributed by atoms with Crippen molar-refractivity contribution in [3.63, 3.8) is 0 Å². The van der Waals surface area contributed by atoms with E-state index in [0.29, 0.717) is 11.4 Å². The number of anilines is 1. The van der Waals surface area contributed by atoms with Gasteiger partial charge >= 0.3 is 0 Å². The second-order valence-corrected chi connectivity index (χ2v) is 8.82. The smallest absolute Gasteiger partial charge is 0.151 e. The molecule has 0 radical (unpaired) electrons. The van der Waals surface area contributed by atoms with Crippen LogP contribution in [0.15, 0.2) is 78.9 Å². The van der Waals surface area contributed by atoms with E-state index in [2.05, 4.69) is 10.00 Å². The molecular formula is C29H28F3N3O. The molecule has 0 saturated carbocycles. The Balaban J connectivity index is 0.000000197.